The van der Waals surface area contributed by atoms with Crippen LogP contribution in [0.1, 0.15) is 52.9 Å². The zero-order valence-corrected chi connectivity index (χ0v) is 11.5. The van der Waals surface area contributed by atoms with Gasteiger partial charge < -0.3 is 10.0 Å². The lowest BCUT2D eigenvalue weighted by Crippen LogP contribution is -2.45. The number of rotatable bonds is 6. The van der Waals surface area contributed by atoms with Crippen LogP contribution in [-0.4, -0.2) is 35.6 Å². The van der Waals surface area contributed by atoms with Gasteiger partial charge >= 0.3 is 5.97 Å². The highest BCUT2D eigenvalue weighted by Gasteiger charge is 2.36. The second-order valence-electron chi connectivity index (χ2n) is 6.04. The van der Waals surface area contributed by atoms with Gasteiger partial charge in [0, 0.05) is 13.0 Å². The molecule has 0 aromatic carbocycles. The molecule has 1 aliphatic rings. The van der Waals surface area contributed by atoms with Gasteiger partial charge in [0.2, 0.25) is 0 Å². The molecular formula is C14H27NO2. The van der Waals surface area contributed by atoms with E-state index in [1.165, 1.54) is 19.3 Å². The molecule has 0 aromatic rings. The first-order valence-corrected chi connectivity index (χ1v) is 6.90. The summed E-state index contributed by atoms with van der Waals surface area (Å²) in [5.74, 6) is -0.353. The maximum atomic E-state index is 10.9. The van der Waals surface area contributed by atoms with Crippen molar-refractivity contribution < 1.29 is 9.90 Å². The summed E-state index contributed by atoms with van der Waals surface area (Å²) in [4.78, 5) is 13.4. The highest BCUT2D eigenvalue weighted by Crippen LogP contribution is 2.37. The van der Waals surface area contributed by atoms with E-state index in [9.17, 15) is 4.79 Å². The van der Waals surface area contributed by atoms with Gasteiger partial charge in [-0.25, -0.2) is 0 Å². The van der Waals surface area contributed by atoms with Crippen molar-refractivity contribution in [1.82, 2.24) is 4.90 Å². The van der Waals surface area contributed by atoms with E-state index in [4.69, 9.17) is 5.11 Å². The van der Waals surface area contributed by atoms with Crippen molar-refractivity contribution in [2.45, 2.75) is 52.9 Å². The molecule has 1 aliphatic heterocycles. The van der Waals surface area contributed by atoms with Gasteiger partial charge in [-0.2, -0.15) is 0 Å². The average Bonchev–Trinajstić information content (AvgIpc) is 2.22. The van der Waals surface area contributed by atoms with E-state index in [0.717, 1.165) is 26.1 Å². The summed E-state index contributed by atoms with van der Waals surface area (Å²) in [5, 5.41) is 8.98. The Morgan fingerprint density at radius 2 is 2.12 bits per heavy atom. The van der Waals surface area contributed by atoms with Crippen LogP contribution in [0.15, 0.2) is 0 Å². The van der Waals surface area contributed by atoms with Gasteiger partial charge in [0.25, 0.3) is 0 Å². The molecule has 0 amide bonds. The van der Waals surface area contributed by atoms with E-state index in [-0.39, 0.29) is 5.41 Å². The third kappa shape index (κ3) is 4.66. The number of carbonyl (C=O) groups is 1. The lowest BCUT2D eigenvalue weighted by atomic mass is 9.72. The zero-order chi connectivity index (χ0) is 12.9. The predicted molar refractivity (Wildman–Crippen MR) is 70.1 cm³/mol. The lowest BCUT2D eigenvalue weighted by Gasteiger charge is -2.43. The molecular weight excluding hydrogens is 214 g/mol. The van der Waals surface area contributed by atoms with E-state index in [1.807, 2.05) is 0 Å². The number of carboxylic acid groups (broad SMARTS) is 1. The third-order valence-electron chi connectivity index (χ3n) is 4.16. The summed E-state index contributed by atoms with van der Waals surface area (Å²) in [6.45, 7) is 9.87. The van der Waals surface area contributed by atoms with Gasteiger partial charge in [-0.3, -0.25) is 4.79 Å². The van der Waals surface area contributed by atoms with Crippen molar-refractivity contribution in [2.75, 3.05) is 19.6 Å². The molecule has 1 heterocycles. The number of hydrogen-bond acceptors (Lipinski definition) is 2. The number of unbranched alkanes of at least 4 members (excludes halogenated alkanes) is 2. The van der Waals surface area contributed by atoms with Crippen LogP contribution in [0, 0.1) is 11.3 Å². The summed E-state index contributed by atoms with van der Waals surface area (Å²) in [7, 11) is 0. The van der Waals surface area contributed by atoms with Crippen LogP contribution in [0.5, 0.6) is 0 Å². The molecule has 0 spiro atoms. The van der Waals surface area contributed by atoms with Crippen LogP contribution in [0.4, 0.5) is 0 Å². The van der Waals surface area contributed by atoms with E-state index >= 15 is 0 Å². The largest absolute Gasteiger partial charge is 0.481 e. The molecule has 3 heteroatoms. The summed E-state index contributed by atoms with van der Waals surface area (Å²) in [6, 6.07) is 0. The minimum absolute atomic E-state index is 0.180. The zero-order valence-electron chi connectivity index (χ0n) is 11.5. The fraction of sp³-hybridized carbons (Fsp3) is 0.929. The van der Waals surface area contributed by atoms with Gasteiger partial charge in [0.15, 0.2) is 0 Å². The number of likely N-dealkylation sites (tertiary alicyclic amines) is 1. The number of carboxylic acids is 1. The Hall–Kier alpha value is -0.570. The Morgan fingerprint density at radius 3 is 2.71 bits per heavy atom. The maximum Gasteiger partial charge on any atom is 0.303 e. The lowest BCUT2D eigenvalue weighted by molar-refractivity contribution is -0.140. The molecule has 1 unspecified atom stereocenters. The first-order valence-electron chi connectivity index (χ1n) is 6.90. The van der Waals surface area contributed by atoms with E-state index in [2.05, 4.69) is 25.7 Å². The van der Waals surface area contributed by atoms with E-state index in [1.54, 1.807) is 0 Å². The van der Waals surface area contributed by atoms with Crippen LogP contribution in [0.3, 0.4) is 0 Å². The predicted octanol–water partition coefficient (Wildman–Crippen LogP) is 3.00. The topological polar surface area (TPSA) is 40.5 Å². The van der Waals surface area contributed by atoms with E-state index in [0.29, 0.717) is 12.3 Å². The van der Waals surface area contributed by atoms with Crippen molar-refractivity contribution in [1.29, 1.82) is 0 Å². The van der Waals surface area contributed by atoms with Crippen LogP contribution in [-0.2, 0) is 4.79 Å². The summed E-state index contributed by atoms with van der Waals surface area (Å²) in [6.07, 6.45) is 5.21. The van der Waals surface area contributed by atoms with Gasteiger partial charge in [-0.15, -0.1) is 0 Å². The molecule has 0 bridgehead atoms. The molecule has 1 fully saturated rings. The molecule has 0 aromatic heterocycles. The average molecular weight is 241 g/mol. The second kappa shape index (κ2) is 6.39. The highest BCUT2D eigenvalue weighted by molar-refractivity contribution is 5.67. The second-order valence-corrected chi connectivity index (χ2v) is 6.04. The number of piperidine rings is 1. The van der Waals surface area contributed by atoms with Crippen molar-refractivity contribution in [3.05, 3.63) is 0 Å². The Morgan fingerprint density at radius 1 is 1.41 bits per heavy atom. The van der Waals surface area contributed by atoms with Gasteiger partial charge in [-0.05, 0) is 37.3 Å². The molecule has 100 valence electrons. The molecule has 0 radical (unpaired) electrons. The Bertz CT molecular complexity index is 251. The standard InChI is InChI=1S/C14H27NO2/c1-4-5-6-8-15-9-7-14(2,3)12(11-15)10-13(16)17/h12H,4-11H2,1-3H3,(H,16,17). The Kier molecular flexibility index (Phi) is 5.44. The highest BCUT2D eigenvalue weighted by atomic mass is 16.4. The van der Waals surface area contributed by atoms with Gasteiger partial charge in [-0.1, -0.05) is 33.6 Å². The fourth-order valence-corrected chi connectivity index (χ4v) is 2.64. The molecule has 0 aliphatic carbocycles. The smallest absolute Gasteiger partial charge is 0.303 e. The molecule has 1 atom stereocenters. The number of nitrogens with zero attached hydrogens (tertiary/aromatic N) is 1. The minimum atomic E-state index is -0.654. The van der Waals surface area contributed by atoms with Gasteiger partial charge in [0.05, 0.1) is 0 Å². The van der Waals surface area contributed by atoms with Crippen molar-refractivity contribution >= 4 is 5.97 Å². The van der Waals surface area contributed by atoms with Crippen molar-refractivity contribution in [3.8, 4) is 0 Å². The minimum Gasteiger partial charge on any atom is -0.481 e. The quantitative estimate of drug-likeness (QED) is 0.727. The maximum absolute atomic E-state index is 10.9. The van der Waals surface area contributed by atoms with Gasteiger partial charge in [0.1, 0.15) is 0 Å². The van der Waals surface area contributed by atoms with Crippen molar-refractivity contribution in [3.63, 3.8) is 0 Å². The third-order valence-corrected chi connectivity index (χ3v) is 4.16. The van der Waals surface area contributed by atoms with Crippen LogP contribution >= 0.6 is 0 Å². The normalized spacial score (nSPS) is 24.8. The molecule has 1 saturated heterocycles. The fourth-order valence-electron chi connectivity index (χ4n) is 2.64. The number of aliphatic carboxylic acids is 1. The van der Waals surface area contributed by atoms with Crippen LogP contribution in [0.2, 0.25) is 0 Å². The number of hydrogen-bond donors (Lipinski definition) is 1. The van der Waals surface area contributed by atoms with Crippen LogP contribution < -0.4 is 0 Å². The first kappa shape index (κ1) is 14.5. The monoisotopic (exact) mass is 241 g/mol. The molecule has 17 heavy (non-hydrogen) atoms. The van der Waals surface area contributed by atoms with E-state index < -0.39 is 5.97 Å². The summed E-state index contributed by atoms with van der Waals surface area (Å²) < 4.78 is 0. The SMILES string of the molecule is CCCCCN1CCC(C)(C)C(CC(=O)O)C1. The van der Waals surface area contributed by atoms with Crippen molar-refractivity contribution in [2.24, 2.45) is 11.3 Å². The first-order chi connectivity index (χ1) is 7.95. The van der Waals surface area contributed by atoms with Crippen LogP contribution in [0.25, 0.3) is 0 Å². The molecule has 3 nitrogen and oxygen atoms in total. The Balaban J connectivity index is 2.45. The molecule has 0 saturated carbocycles. The molecule has 1 rings (SSSR count). The summed E-state index contributed by atoms with van der Waals surface area (Å²) >= 11 is 0. The summed E-state index contributed by atoms with van der Waals surface area (Å²) in [5.41, 5.74) is 0.180. The Labute approximate surface area is 105 Å². The molecule has 1 N–H and O–H groups in total.